The second kappa shape index (κ2) is 6.60. The van der Waals surface area contributed by atoms with Crippen molar-refractivity contribution in [3.8, 4) is 0 Å². The van der Waals surface area contributed by atoms with E-state index in [0.717, 1.165) is 31.6 Å². The minimum Gasteiger partial charge on any atom is -0.389 e. The van der Waals surface area contributed by atoms with E-state index in [0.29, 0.717) is 5.56 Å². The number of hydrogen-bond donors (Lipinski definition) is 1. The van der Waals surface area contributed by atoms with Gasteiger partial charge in [-0.1, -0.05) is 19.9 Å². The predicted molar refractivity (Wildman–Crippen MR) is 69.8 cm³/mol. The number of hydrogen-bond acceptors (Lipinski definition) is 2. The van der Waals surface area contributed by atoms with Gasteiger partial charge in [-0.2, -0.15) is 0 Å². The van der Waals surface area contributed by atoms with Crippen LogP contribution in [0.1, 0.15) is 45.3 Å². The lowest BCUT2D eigenvalue weighted by molar-refractivity contribution is 0.194. The third kappa shape index (κ3) is 3.43. The molecule has 0 bridgehead atoms. The van der Waals surface area contributed by atoms with E-state index in [1.54, 1.807) is 13.0 Å². The molecule has 0 saturated heterocycles. The Morgan fingerprint density at radius 1 is 1.24 bits per heavy atom. The van der Waals surface area contributed by atoms with Gasteiger partial charge in [-0.15, -0.1) is 0 Å². The summed E-state index contributed by atoms with van der Waals surface area (Å²) in [4.78, 5) is 2.14. The average molecular weight is 239 g/mol. The maximum absolute atomic E-state index is 13.8. The van der Waals surface area contributed by atoms with Crippen molar-refractivity contribution < 1.29 is 9.50 Å². The SMILES string of the molecule is CCCN(CCC)c1cccc(F)c1[C@@H](C)O. The van der Waals surface area contributed by atoms with Gasteiger partial charge in [0.05, 0.1) is 6.10 Å². The quantitative estimate of drug-likeness (QED) is 0.821. The Morgan fingerprint density at radius 2 is 1.82 bits per heavy atom. The molecule has 1 aromatic carbocycles. The van der Waals surface area contributed by atoms with Crippen LogP contribution in [0.3, 0.4) is 0 Å². The van der Waals surface area contributed by atoms with E-state index in [1.165, 1.54) is 6.07 Å². The fraction of sp³-hybridized carbons (Fsp3) is 0.571. The van der Waals surface area contributed by atoms with Gasteiger partial charge in [0.25, 0.3) is 0 Å². The number of anilines is 1. The fourth-order valence-electron chi connectivity index (χ4n) is 2.11. The third-order valence-corrected chi connectivity index (χ3v) is 2.78. The van der Waals surface area contributed by atoms with Gasteiger partial charge in [-0.3, -0.25) is 0 Å². The van der Waals surface area contributed by atoms with E-state index in [1.807, 2.05) is 6.07 Å². The lowest BCUT2D eigenvalue weighted by atomic mass is 10.1. The molecule has 1 aromatic rings. The maximum Gasteiger partial charge on any atom is 0.131 e. The van der Waals surface area contributed by atoms with Gasteiger partial charge in [0.1, 0.15) is 5.82 Å². The summed E-state index contributed by atoms with van der Waals surface area (Å²) < 4.78 is 13.8. The third-order valence-electron chi connectivity index (χ3n) is 2.78. The minimum atomic E-state index is -0.776. The Labute approximate surface area is 103 Å². The molecule has 1 rings (SSSR count). The van der Waals surface area contributed by atoms with Crippen molar-refractivity contribution >= 4 is 5.69 Å². The van der Waals surface area contributed by atoms with E-state index in [2.05, 4.69) is 18.7 Å². The second-order valence-electron chi connectivity index (χ2n) is 4.34. The largest absolute Gasteiger partial charge is 0.389 e. The molecule has 0 spiro atoms. The monoisotopic (exact) mass is 239 g/mol. The Hall–Kier alpha value is -1.09. The van der Waals surface area contributed by atoms with E-state index < -0.39 is 6.10 Å². The van der Waals surface area contributed by atoms with Crippen molar-refractivity contribution in [3.63, 3.8) is 0 Å². The van der Waals surface area contributed by atoms with Crippen molar-refractivity contribution in [3.05, 3.63) is 29.6 Å². The molecule has 17 heavy (non-hydrogen) atoms. The van der Waals surface area contributed by atoms with Crippen LogP contribution < -0.4 is 4.90 Å². The Kier molecular flexibility index (Phi) is 5.42. The number of aliphatic hydroxyl groups excluding tert-OH is 1. The van der Waals surface area contributed by atoms with Crippen LogP contribution >= 0.6 is 0 Å². The Morgan fingerprint density at radius 3 is 2.29 bits per heavy atom. The highest BCUT2D eigenvalue weighted by Crippen LogP contribution is 2.29. The van der Waals surface area contributed by atoms with Crippen molar-refractivity contribution in [1.82, 2.24) is 0 Å². The van der Waals surface area contributed by atoms with E-state index in [9.17, 15) is 9.50 Å². The van der Waals surface area contributed by atoms with Gasteiger partial charge in [0.15, 0.2) is 0 Å². The van der Waals surface area contributed by atoms with Gasteiger partial charge >= 0.3 is 0 Å². The highest BCUT2D eigenvalue weighted by molar-refractivity contribution is 5.55. The number of aliphatic hydroxyl groups is 1. The summed E-state index contributed by atoms with van der Waals surface area (Å²) in [5, 5.41) is 9.70. The first kappa shape index (κ1) is 14.0. The van der Waals surface area contributed by atoms with Gasteiger partial charge in [-0.05, 0) is 31.9 Å². The zero-order chi connectivity index (χ0) is 12.8. The molecule has 0 amide bonds. The van der Waals surface area contributed by atoms with Crippen molar-refractivity contribution in [2.24, 2.45) is 0 Å². The predicted octanol–water partition coefficient (Wildman–Crippen LogP) is 3.51. The van der Waals surface area contributed by atoms with Crippen molar-refractivity contribution in [2.45, 2.75) is 39.7 Å². The summed E-state index contributed by atoms with van der Waals surface area (Å²) in [5.74, 6) is -0.324. The first-order valence-corrected chi connectivity index (χ1v) is 6.33. The second-order valence-corrected chi connectivity index (χ2v) is 4.34. The number of benzene rings is 1. The van der Waals surface area contributed by atoms with Gasteiger partial charge in [-0.25, -0.2) is 4.39 Å². The number of halogens is 1. The molecule has 2 nitrogen and oxygen atoms in total. The molecule has 1 N–H and O–H groups in total. The average Bonchev–Trinajstić information content (AvgIpc) is 2.28. The summed E-state index contributed by atoms with van der Waals surface area (Å²) in [6, 6.07) is 4.99. The molecule has 0 radical (unpaired) electrons. The molecule has 0 heterocycles. The number of rotatable bonds is 6. The van der Waals surface area contributed by atoms with Crippen LogP contribution in [0.4, 0.5) is 10.1 Å². The summed E-state index contributed by atoms with van der Waals surface area (Å²) in [5.41, 5.74) is 1.23. The normalized spacial score (nSPS) is 12.5. The zero-order valence-electron chi connectivity index (χ0n) is 10.9. The van der Waals surface area contributed by atoms with Crippen LogP contribution in [0.5, 0.6) is 0 Å². The molecule has 0 fully saturated rings. The van der Waals surface area contributed by atoms with Crippen LogP contribution in [0.2, 0.25) is 0 Å². The van der Waals surface area contributed by atoms with Crippen LogP contribution in [0.25, 0.3) is 0 Å². The molecule has 0 unspecified atom stereocenters. The molecule has 0 aliphatic rings. The first-order valence-electron chi connectivity index (χ1n) is 6.33. The van der Waals surface area contributed by atoms with Crippen LogP contribution in [0.15, 0.2) is 18.2 Å². The maximum atomic E-state index is 13.8. The number of nitrogens with zero attached hydrogens (tertiary/aromatic N) is 1. The zero-order valence-corrected chi connectivity index (χ0v) is 10.9. The topological polar surface area (TPSA) is 23.5 Å². The smallest absolute Gasteiger partial charge is 0.131 e. The minimum absolute atomic E-state index is 0.324. The van der Waals surface area contributed by atoms with Gasteiger partial charge < -0.3 is 10.0 Å². The Balaban J connectivity index is 3.12. The van der Waals surface area contributed by atoms with E-state index in [4.69, 9.17) is 0 Å². The van der Waals surface area contributed by atoms with Gasteiger partial charge in [0.2, 0.25) is 0 Å². The van der Waals surface area contributed by atoms with E-state index in [-0.39, 0.29) is 5.82 Å². The molecule has 96 valence electrons. The van der Waals surface area contributed by atoms with Crippen LogP contribution in [-0.4, -0.2) is 18.2 Å². The molecule has 1 atom stereocenters. The highest BCUT2D eigenvalue weighted by atomic mass is 19.1. The highest BCUT2D eigenvalue weighted by Gasteiger charge is 2.17. The Bertz CT molecular complexity index is 346. The standard InChI is InChI=1S/C14H22FNO/c1-4-9-16(10-5-2)13-8-6-7-12(15)14(13)11(3)17/h6-8,11,17H,4-5,9-10H2,1-3H3/t11-/m1/s1. The molecule has 0 aromatic heterocycles. The summed E-state index contributed by atoms with van der Waals surface area (Å²) >= 11 is 0. The molecule has 0 aliphatic heterocycles. The van der Waals surface area contributed by atoms with Crippen molar-refractivity contribution in [2.75, 3.05) is 18.0 Å². The van der Waals surface area contributed by atoms with E-state index >= 15 is 0 Å². The molecule has 0 saturated carbocycles. The molecule has 3 heteroatoms. The molecule has 0 aliphatic carbocycles. The van der Waals surface area contributed by atoms with Crippen LogP contribution in [-0.2, 0) is 0 Å². The molecular formula is C14H22FNO. The van der Waals surface area contributed by atoms with Crippen LogP contribution in [0, 0.1) is 5.82 Å². The summed E-state index contributed by atoms with van der Waals surface area (Å²) in [7, 11) is 0. The van der Waals surface area contributed by atoms with Crippen molar-refractivity contribution in [1.29, 1.82) is 0 Å². The molecular weight excluding hydrogens is 217 g/mol. The van der Waals surface area contributed by atoms with Gasteiger partial charge in [0, 0.05) is 24.3 Å². The lowest BCUT2D eigenvalue weighted by Gasteiger charge is -2.27. The first-order chi connectivity index (χ1) is 8.11. The fourth-order valence-corrected chi connectivity index (χ4v) is 2.11. The summed E-state index contributed by atoms with van der Waals surface area (Å²) in [6.07, 6.45) is 1.24. The summed E-state index contributed by atoms with van der Waals surface area (Å²) in [6.45, 7) is 7.58. The lowest BCUT2D eigenvalue weighted by Crippen LogP contribution is -2.26.